The Morgan fingerprint density at radius 1 is 1.09 bits per heavy atom. The van der Waals surface area contributed by atoms with Crippen LogP contribution in [0.15, 0.2) is 11.6 Å². The van der Waals surface area contributed by atoms with Gasteiger partial charge < -0.3 is 5.11 Å². The predicted octanol–water partition coefficient (Wildman–Crippen LogP) is 3.14. The van der Waals surface area contributed by atoms with Gasteiger partial charge in [0.25, 0.3) is 0 Å². The third kappa shape index (κ3) is 1.71. The van der Waals surface area contributed by atoms with E-state index in [1.165, 1.54) is 30.7 Å². The van der Waals surface area contributed by atoms with Crippen LogP contribution in [0.4, 0.5) is 0 Å². The Kier molecular flexibility index (Phi) is 2.76. The van der Waals surface area contributed by atoms with E-state index in [2.05, 4.69) is 35.3 Å². The van der Waals surface area contributed by atoms with Crippen molar-refractivity contribution in [2.75, 3.05) is 0 Å². The van der Waals surface area contributed by atoms with E-state index < -0.39 is 0 Å². The quantitative estimate of drug-likeness (QED) is 0.723. The van der Waals surface area contributed by atoms with Crippen molar-refractivity contribution >= 4 is 0 Å². The van der Waals surface area contributed by atoms with Crippen molar-refractivity contribution in [3.05, 3.63) is 23.0 Å². The third-order valence-electron chi connectivity index (χ3n) is 8.04. The van der Waals surface area contributed by atoms with Gasteiger partial charge in [-0.2, -0.15) is 15.4 Å². The number of nitrogens with zero attached hydrogens (tertiary/aromatic N) is 2. The fourth-order valence-electron chi connectivity index (χ4n) is 6.69. The molecule has 2 N–H and O–H groups in total. The van der Waals surface area contributed by atoms with E-state index in [1.54, 1.807) is 5.57 Å². The molecule has 5 rings (SSSR count). The van der Waals surface area contributed by atoms with Crippen LogP contribution < -0.4 is 0 Å². The zero-order valence-electron chi connectivity index (χ0n) is 14.2. The van der Waals surface area contributed by atoms with Gasteiger partial charge in [0, 0.05) is 5.41 Å². The Morgan fingerprint density at radius 3 is 2.78 bits per heavy atom. The summed E-state index contributed by atoms with van der Waals surface area (Å²) in [7, 11) is 0. The molecule has 0 bridgehead atoms. The number of aliphatic hydroxyl groups excluding tert-OH is 1. The molecule has 0 amide bonds. The van der Waals surface area contributed by atoms with Gasteiger partial charge in [0.2, 0.25) is 0 Å². The second-order valence-corrected chi connectivity index (χ2v) is 8.94. The normalized spacial score (nSPS) is 48.0. The molecule has 23 heavy (non-hydrogen) atoms. The van der Waals surface area contributed by atoms with Crippen molar-refractivity contribution in [3.63, 3.8) is 0 Å². The zero-order valence-corrected chi connectivity index (χ0v) is 14.2. The largest absolute Gasteiger partial charge is 0.393 e. The molecule has 0 spiro atoms. The van der Waals surface area contributed by atoms with Crippen LogP contribution in [0.2, 0.25) is 0 Å². The number of aromatic amines is 1. The molecule has 1 aromatic rings. The lowest BCUT2D eigenvalue weighted by molar-refractivity contribution is -0.0174. The van der Waals surface area contributed by atoms with Gasteiger partial charge in [0.05, 0.1) is 17.5 Å². The Balaban J connectivity index is 1.53. The molecule has 124 valence electrons. The molecule has 0 aliphatic heterocycles. The minimum atomic E-state index is -0.111. The monoisotopic (exact) mass is 313 g/mol. The maximum absolute atomic E-state index is 10.1. The van der Waals surface area contributed by atoms with E-state index in [0.717, 1.165) is 37.5 Å². The molecule has 0 radical (unpaired) electrons. The highest BCUT2D eigenvalue weighted by atomic mass is 16.3. The molecule has 1 aromatic heterocycles. The second kappa shape index (κ2) is 4.47. The average molecular weight is 313 g/mol. The van der Waals surface area contributed by atoms with Gasteiger partial charge in [-0.1, -0.05) is 25.5 Å². The summed E-state index contributed by atoms with van der Waals surface area (Å²) < 4.78 is 0. The number of H-pyrrole nitrogens is 1. The zero-order chi connectivity index (χ0) is 15.8. The molecule has 4 aliphatic rings. The number of aliphatic hydroxyl groups is 1. The van der Waals surface area contributed by atoms with Gasteiger partial charge in [-0.05, 0) is 68.1 Å². The first-order valence-electron chi connectivity index (χ1n) is 9.30. The Labute approximate surface area is 137 Å². The summed E-state index contributed by atoms with van der Waals surface area (Å²) in [5, 5.41) is 21.9. The van der Waals surface area contributed by atoms with Crippen LogP contribution in [0.1, 0.15) is 63.8 Å². The van der Waals surface area contributed by atoms with Gasteiger partial charge in [-0.15, -0.1) is 0 Å². The predicted molar refractivity (Wildman–Crippen MR) is 87.8 cm³/mol. The number of fused-ring (bicyclic) bond motifs is 7. The third-order valence-corrected chi connectivity index (χ3v) is 8.04. The smallest absolute Gasteiger partial charge is 0.0918 e. The Bertz CT molecular complexity index is 680. The van der Waals surface area contributed by atoms with Crippen molar-refractivity contribution in [3.8, 4) is 0 Å². The molecular formula is C19H27N3O. The summed E-state index contributed by atoms with van der Waals surface area (Å²) in [5.74, 6) is 2.23. The molecule has 4 heteroatoms. The first-order chi connectivity index (χ1) is 11.0. The van der Waals surface area contributed by atoms with Crippen LogP contribution in [-0.2, 0) is 11.8 Å². The minimum Gasteiger partial charge on any atom is -0.393 e. The SMILES string of the molecule is C[C@]12CC[C@H](O)CC1=CC[C@@H]1C2CC[C@]2(C)c3n[nH]nc3CC12. The number of allylic oxidation sites excluding steroid dienone is 1. The second-order valence-electron chi connectivity index (χ2n) is 8.94. The van der Waals surface area contributed by atoms with Crippen molar-refractivity contribution in [1.82, 2.24) is 15.4 Å². The maximum Gasteiger partial charge on any atom is 0.0918 e. The van der Waals surface area contributed by atoms with Gasteiger partial charge in [0.15, 0.2) is 0 Å². The summed E-state index contributed by atoms with van der Waals surface area (Å²) in [4.78, 5) is 0. The summed E-state index contributed by atoms with van der Waals surface area (Å²) in [5.41, 5.74) is 4.57. The molecule has 6 atom stereocenters. The molecule has 4 nitrogen and oxygen atoms in total. The Hall–Kier alpha value is -1.16. The van der Waals surface area contributed by atoms with E-state index in [4.69, 9.17) is 0 Å². The maximum atomic E-state index is 10.1. The molecule has 0 aromatic carbocycles. The van der Waals surface area contributed by atoms with E-state index in [1.807, 2.05) is 0 Å². The summed E-state index contributed by atoms with van der Waals surface area (Å²) in [6.45, 7) is 4.91. The van der Waals surface area contributed by atoms with E-state index in [0.29, 0.717) is 11.3 Å². The molecular weight excluding hydrogens is 286 g/mol. The molecule has 2 fully saturated rings. The lowest BCUT2D eigenvalue weighted by Gasteiger charge is -2.57. The fraction of sp³-hybridized carbons (Fsp3) is 0.789. The fourth-order valence-corrected chi connectivity index (χ4v) is 6.69. The van der Waals surface area contributed by atoms with Crippen molar-refractivity contribution in [1.29, 1.82) is 0 Å². The molecule has 0 saturated heterocycles. The first kappa shape index (κ1) is 14.2. The van der Waals surface area contributed by atoms with Gasteiger partial charge in [-0.3, -0.25) is 0 Å². The minimum absolute atomic E-state index is 0.111. The van der Waals surface area contributed by atoms with Crippen LogP contribution in [0.5, 0.6) is 0 Å². The molecule has 1 heterocycles. The molecule has 2 saturated carbocycles. The number of nitrogens with one attached hydrogen (secondary N) is 1. The van der Waals surface area contributed by atoms with Crippen LogP contribution in [0, 0.1) is 23.2 Å². The lowest BCUT2D eigenvalue weighted by atomic mass is 9.48. The highest BCUT2D eigenvalue weighted by Crippen LogP contribution is 2.63. The van der Waals surface area contributed by atoms with Crippen LogP contribution in [-0.4, -0.2) is 26.6 Å². The van der Waals surface area contributed by atoms with Crippen LogP contribution in [0.25, 0.3) is 0 Å². The number of hydrogen-bond donors (Lipinski definition) is 2. The number of rotatable bonds is 0. The summed E-state index contributed by atoms with van der Waals surface area (Å²) in [6.07, 6.45) is 10.3. The summed E-state index contributed by atoms with van der Waals surface area (Å²) in [6, 6.07) is 0. The van der Waals surface area contributed by atoms with Crippen LogP contribution in [0.3, 0.4) is 0 Å². The molecule has 4 aliphatic carbocycles. The highest BCUT2D eigenvalue weighted by molar-refractivity contribution is 5.34. The standard InChI is InChI=1S/C19H27N3O/c1-18-7-5-12(23)9-11(18)3-4-13-14(18)6-8-19(2)15(13)10-16-17(19)21-22-20-16/h3,12-15,23H,4-10H2,1-2H3,(H,20,21,22)/t12-,13+,14?,15?,18-,19-/m0/s1. The van der Waals surface area contributed by atoms with Crippen LogP contribution >= 0.6 is 0 Å². The lowest BCUT2D eigenvalue weighted by Crippen LogP contribution is -2.51. The van der Waals surface area contributed by atoms with Crippen molar-refractivity contribution in [2.24, 2.45) is 23.2 Å². The number of hydrogen-bond acceptors (Lipinski definition) is 3. The first-order valence-corrected chi connectivity index (χ1v) is 9.30. The van der Waals surface area contributed by atoms with Crippen molar-refractivity contribution < 1.29 is 5.11 Å². The van der Waals surface area contributed by atoms with Gasteiger partial charge >= 0.3 is 0 Å². The van der Waals surface area contributed by atoms with E-state index >= 15 is 0 Å². The van der Waals surface area contributed by atoms with Gasteiger partial charge in [-0.25, -0.2) is 0 Å². The topological polar surface area (TPSA) is 61.8 Å². The van der Waals surface area contributed by atoms with E-state index in [-0.39, 0.29) is 11.5 Å². The summed E-state index contributed by atoms with van der Waals surface area (Å²) >= 11 is 0. The van der Waals surface area contributed by atoms with Crippen molar-refractivity contribution in [2.45, 2.75) is 70.3 Å². The van der Waals surface area contributed by atoms with E-state index in [9.17, 15) is 5.11 Å². The molecule has 2 unspecified atom stereocenters. The Morgan fingerprint density at radius 2 is 1.91 bits per heavy atom. The number of aromatic nitrogens is 3. The highest BCUT2D eigenvalue weighted by Gasteiger charge is 2.58. The average Bonchev–Trinajstić information content (AvgIpc) is 3.09. The van der Waals surface area contributed by atoms with Gasteiger partial charge in [0.1, 0.15) is 0 Å².